The van der Waals surface area contributed by atoms with Crippen molar-refractivity contribution >= 4 is 28.4 Å². The van der Waals surface area contributed by atoms with Gasteiger partial charge in [-0.2, -0.15) is 0 Å². The molecular formula is C23H25ClN2O2. The number of rotatable bonds is 5. The van der Waals surface area contributed by atoms with Crippen LogP contribution in [-0.2, 0) is 16.0 Å². The van der Waals surface area contributed by atoms with Gasteiger partial charge in [-0.25, -0.2) is 0 Å². The largest absolute Gasteiger partial charge is 0.380 e. The fourth-order valence-corrected chi connectivity index (χ4v) is 4.24. The van der Waals surface area contributed by atoms with E-state index in [1.807, 2.05) is 47.5 Å². The highest BCUT2D eigenvalue weighted by Gasteiger charge is 2.28. The van der Waals surface area contributed by atoms with E-state index in [2.05, 4.69) is 17.1 Å². The number of fused-ring (bicyclic) bond motifs is 1. The van der Waals surface area contributed by atoms with Crippen LogP contribution in [0.2, 0.25) is 5.02 Å². The van der Waals surface area contributed by atoms with Crippen molar-refractivity contribution in [3.8, 4) is 0 Å². The van der Waals surface area contributed by atoms with Crippen LogP contribution in [0.25, 0.3) is 10.9 Å². The SMILES string of the molecule is O=C(C(CCc1ccccc1Cl)c1cccc2[nH]ccc12)N1CCCOCC1. The van der Waals surface area contributed by atoms with Gasteiger partial charge < -0.3 is 14.6 Å². The molecule has 0 aliphatic carbocycles. The molecule has 4 rings (SSSR count). The normalized spacial score (nSPS) is 16.1. The Hall–Kier alpha value is -2.30. The standard InChI is InChI=1S/C23H25ClN2O2/c24-21-7-2-1-5-17(21)9-10-20(23(27)26-13-4-15-28-16-14-26)18-6-3-8-22-19(18)11-12-25-22/h1-3,5-8,11-12,20,25H,4,9-10,13-16H2. The van der Waals surface area contributed by atoms with Gasteiger partial charge in [0.05, 0.1) is 12.5 Å². The lowest BCUT2D eigenvalue weighted by Crippen LogP contribution is -2.37. The van der Waals surface area contributed by atoms with Crippen LogP contribution in [0.1, 0.15) is 29.9 Å². The molecule has 28 heavy (non-hydrogen) atoms. The molecule has 146 valence electrons. The minimum atomic E-state index is -0.200. The van der Waals surface area contributed by atoms with E-state index >= 15 is 0 Å². The zero-order valence-corrected chi connectivity index (χ0v) is 16.6. The third-order valence-corrected chi connectivity index (χ3v) is 5.87. The van der Waals surface area contributed by atoms with Crippen LogP contribution in [0.15, 0.2) is 54.7 Å². The smallest absolute Gasteiger partial charge is 0.230 e. The maximum absolute atomic E-state index is 13.6. The van der Waals surface area contributed by atoms with Crippen molar-refractivity contribution in [1.82, 2.24) is 9.88 Å². The molecule has 5 heteroatoms. The summed E-state index contributed by atoms with van der Waals surface area (Å²) in [5.41, 5.74) is 3.23. The molecule has 1 N–H and O–H groups in total. The number of nitrogens with one attached hydrogen (secondary N) is 1. The molecule has 1 aromatic heterocycles. The number of ether oxygens (including phenoxy) is 1. The van der Waals surface area contributed by atoms with E-state index < -0.39 is 0 Å². The van der Waals surface area contributed by atoms with E-state index in [1.54, 1.807) is 0 Å². The number of halogens is 1. The van der Waals surface area contributed by atoms with Crippen molar-refractivity contribution in [2.45, 2.75) is 25.2 Å². The molecule has 2 heterocycles. The Balaban J connectivity index is 1.65. The summed E-state index contributed by atoms with van der Waals surface area (Å²) in [5, 5.41) is 1.88. The second-order valence-corrected chi connectivity index (χ2v) is 7.67. The van der Waals surface area contributed by atoms with Gasteiger partial charge in [0.2, 0.25) is 5.91 Å². The number of H-pyrrole nitrogens is 1. The number of benzene rings is 2. The fraction of sp³-hybridized carbons (Fsp3) is 0.348. The number of nitrogens with zero attached hydrogens (tertiary/aromatic N) is 1. The van der Waals surface area contributed by atoms with Crippen LogP contribution in [0.5, 0.6) is 0 Å². The molecule has 0 saturated carbocycles. The number of aryl methyl sites for hydroxylation is 1. The summed E-state index contributed by atoms with van der Waals surface area (Å²) in [7, 11) is 0. The maximum atomic E-state index is 13.6. The van der Waals surface area contributed by atoms with E-state index in [-0.39, 0.29) is 11.8 Å². The van der Waals surface area contributed by atoms with Gasteiger partial charge in [0.15, 0.2) is 0 Å². The van der Waals surface area contributed by atoms with E-state index in [1.165, 1.54) is 0 Å². The van der Waals surface area contributed by atoms with Gasteiger partial charge in [-0.05, 0) is 48.6 Å². The van der Waals surface area contributed by atoms with Crippen LogP contribution in [0.4, 0.5) is 0 Å². The van der Waals surface area contributed by atoms with Gasteiger partial charge in [0, 0.05) is 41.8 Å². The van der Waals surface area contributed by atoms with Crippen molar-refractivity contribution in [2.75, 3.05) is 26.3 Å². The second-order valence-electron chi connectivity index (χ2n) is 7.26. The first-order chi connectivity index (χ1) is 13.7. The first-order valence-corrected chi connectivity index (χ1v) is 10.3. The van der Waals surface area contributed by atoms with Crippen molar-refractivity contribution in [2.24, 2.45) is 0 Å². The lowest BCUT2D eigenvalue weighted by atomic mass is 9.89. The number of hydrogen-bond donors (Lipinski definition) is 1. The van der Waals surface area contributed by atoms with Crippen LogP contribution >= 0.6 is 11.6 Å². The summed E-state index contributed by atoms with van der Waals surface area (Å²) in [6.07, 6.45) is 4.31. The molecule has 1 aliphatic rings. The molecule has 1 amide bonds. The maximum Gasteiger partial charge on any atom is 0.230 e. The second kappa shape index (κ2) is 8.80. The molecule has 1 aliphatic heterocycles. The Morgan fingerprint density at radius 1 is 1.11 bits per heavy atom. The predicted octanol–water partition coefficient (Wildman–Crippen LogP) is 4.79. The third kappa shape index (κ3) is 4.08. The van der Waals surface area contributed by atoms with Gasteiger partial charge >= 0.3 is 0 Å². The Kier molecular flexibility index (Phi) is 5.98. The molecule has 3 aromatic rings. The highest BCUT2D eigenvalue weighted by molar-refractivity contribution is 6.31. The van der Waals surface area contributed by atoms with Gasteiger partial charge in [-0.15, -0.1) is 0 Å². The molecular weight excluding hydrogens is 372 g/mol. The Morgan fingerprint density at radius 3 is 2.89 bits per heavy atom. The van der Waals surface area contributed by atoms with Crippen LogP contribution in [0.3, 0.4) is 0 Å². The minimum absolute atomic E-state index is 0.186. The molecule has 1 saturated heterocycles. The predicted molar refractivity (Wildman–Crippen MR) is 113 cm³/mol. The molecule has 0 bridgehead atoms. The van der Waals surface area contributed by atoms with Crippen molar-refractivity contribution in [3.63, 3.8) is 0 Å². The lowest BCUT2D eigenvalue weighted by molar-refractivity contribution is -0.133. The van der Waals surface area contributed by atoms with Gasteiger partial charge in [-0.3, -0.25) is 4.79 Å². The number of amides is 1. The molecule has 0 radical (unpaired) electrons. The monoisotopic (exact) mass is 396 g/mol. The van der Waals surface area contributed by atoms with Crippen molar-refractivity contribution in [1.29, 1.82) is 0 Å². The van der Waals surface area contributed by atoms with E-state index in [0.717, 1.165) is 59.5 Å². The van der Waals surface area contributed by atoms with Gasteiger partial charge in [0.1, 0.15) is 0 Å². The minimum Gasteiger partial charge on any atom is -0.380 e. The van der Waals surface area contributed by atoms with Crippen LogP contribution < -0.4 is 0 Å². The zero-order chi connectivity index (χ0) is 19.3. The highest BCUT2D eigenvalue weighted by Crippen LogP contribution is 2.31. The van der Waals surface area contributed by atoms with Crippen molar-refractivity contribution < 1.29 is 9.53 Å². The molecule has 0 spiro atoms. The quantitative estimate of drug-likeness (QED) is 0.674. The summed E-state index contributed by atoms with van der Waals surface area (Å²) in [6, 6.07) is 16.1. The number of carbonyl (C=O) groups excluding carboxylic acids is 1. The highest BCUT2D eigenvalue weighted by atomic mass is 35.5. The molecule has 2 aromatic carbocycles. The van der Waals surface area contributed by atoms with Gasteiger partial charge in [-0.1, -0.05) is 41.9 Å². The summed E-state index contributed by atoms with van der Waals surface area (Å²) >= 11 is 6.36. The molecule has 1 fully saturated rings. The number of aromatic nitrogens is 1. The summed E-state index contributed by atoms with van der Waals surface area (Å²) < 4.78 is 5.55. The number of hydrogen-bond acceptors (Lipinski definition) is 2. The molecule has 1 atom stereocenters. The number of aromatic amines is 1. The van der Waals surface area contributed by atoms with Gasteiger partial charge in [0.25, 0.3) is 0 Å². The first kappa shape index (κ1) is 19.0. The average Bonchev–Trinajstić information content (AvgIpc) is 3.03. The average molecular weight is 397 g/mol. The topological polar surface area (TPSA) is 45.3 Å². The Labute approximate surface area is 170 Å². The summed E-state index contributed by atoms with van der Waals surface area (Å²) in [6.45, 7) is 2.74. The fourth-order valence-electron chi connectivity index (χ4n) is 4.01. The van der Waals surface area contributed by atoms with Crippen LogP contribution in [-0.4, -0.2) is 42.1 Å². The Bertz CT molecular complexity index is 944. The van der Waals surface area contributed by atoms with Crippen LogP contribution in [0, 0.1) is 0 Å². The zero-order valence-electron chi connectivity index (χ0n) is 15.9. The lowest BCUT2D eigenvalue weighted by Gasteiger charge is -2.26. The molecule has 1 unspecified atom stereocenters. The van der Waals surface area contributed by atoms with E-state index in [4.69, 9.17) is 16.3 Å². The summed E-state index contributed by atoms with van der Waals surface area (Å²) in [5.74, 6) is -0.0138. The molecule has 4 nitrogen and oxygen atoms in total. The Morgan fingerprint density at radius 2 is 2.00 bits per heavy atom. The van der Waals surface area contributed by atoms with E-state index in [9.17, 15) is 4.79 Å². The van der Waals surface area contributed by atoms with Crippen molar-refractivity contribution in [3.05, 3.63) is 70.9 Å². The number of carbonyl (C=O) groups is 1. The third-order valence-electron chi connectivity index (χ3n) is 5.50. The van der Waals surface area contributed by atoms with E-state index in [0.29, 0.717) is 13.2 Å². The summed E-state index contributed by atoms with van der Waals surface area (Å²) in [4.78, 5) is 18.8. The first-order valence-electron chi connectivity index (χ1n) is 9.90.